The first-order valence-corrected chi connectivity index (χ1v) is 5.09. The molecule has 1 heterocycles. The van der Waals surface area contributed by atoms with Gasteiger partial charge in [0.2, 0.25) is 0 Å². The maximum atomic E-state index is 5.76. The second-order valence-corrected chi connectivity index (χ2v) is 3.99. The highest BCUT2D eigenvalue weighted by Gasteiger charge is 2.23. The lowest BCUT2D eigenvalue weighted by atomic mass is 10.1. The van der Waals surface area contributed by atoms with E-state index in [4.69, 9.17) is 5.73 Å². The molecular formula is C10H16N4. The van der Waals surface area contributed by atoms with Crippen molar-refractivity contribution in [3.63, 3.8) is 0 Å². The highest BCUT2D eigenvalue weighted by atomic mass is 15.1. The lowest BCUT2D eigenvalue weighted by Gasteiger charge is -2.18. The molecule has 2 atom stereocenters. The summed E-state index contributed by atoms with van der Waals surface area (Å²) in [5.74, 6) is 1.49. The number of hydrogen-bond donors (Lipinski definition) is 2. The van der Waals surface area contributed by atoms with Gasteiger partial charge in [-0.05, 0) is 18.8 Å². The van der Waals surface area contributed by atoms with Gasteiger partial charge in [0.1, 0.15) is 6.33 Å². The lowest BCUT2D eigenvalue weighted by molar-refractivity contribution is 0.555. The molecule has 2 rings (SSSR count). The van der Waals surface area contributed by atoms with Gasteiger partial charge in [0.15, 0.2) is 5.82 Å². The minimum Gasteiger partial charge on any atom is -0.394 e. The predicted octanol–water partition coefficient (Wildman–Crippen LogP) is 1.66. The van der Waals surface area contributed by atoms with Crippen LogP contribution in [0, 0.1) is 5.92 Å². The smallest absolute Gasteiger partial charge is 0.152 e. The molecule has 4 heteroatoms. The van der Waals surface area contributed by atoms with Gasteiger partial charge in [-0.15, -0.1) is 0 Å². The van der Waals surface area contributed by atoms with Crippen molar-refractivity contribution in [1.82, 2.24) is 9.97 Å². The van der Waals surface area contributed by atoms with E-state index in [0.717, 1.165) is 5.82 Å². The minimum atomic E-state index is 0.521. The predicted molar refractivity (Wildman–Crippen MR) is 56.9 cm³/mol. The Bertz CT molecular complexity index is 313. The van der Waals surface area contributed by atoms with Gasteiger partial charge in [-0.1, -0.05) is 13.3 Å². The maximum absolute atomic E-state index is 5.76. The first kappa shape index (κ1) is 9.24. The summed E-state index contributed by atoms with van der Waals surface area (Å²) in [5, 5.41) is 3.38. The van der Waals surface area contributed by atoms with Crippen LogP contribution in [0.25, 0.3) is 0 Å². The van der Waals surface area contributed by atoms with Crippen LogP contribution in [0.5, 0.6) is 0 Å². The number of nitrogens with zero attached hydrogens (tertiary/aromatic N) is 2. The molecule has 1 aliphatic rings. The first-order valence-electron chi connectivity index (χ1n) is 5.09. The number of nitrogens with one attached hydrogen (secondary N) is 1. The number of anilines is 2. The number of rotatable bonds is 2. The van der Waals surface area contributed by atoms with Crippen molar-refractivity contribution >= 4 is 11.5 Å². The van der Waals surface area contributed by atoms with Crippen LogP contribution in [0.3, 0.4) is 0 Å². The van der Waals surface area contributed by atoms with Gasteiger partial charge in [0.05, 0.1) is 11.9 Å². The Morgan fingerprint density at radius 1 is 1.50 bits per heavy atom. The van der Waals surface area contributed by atoms with Crippen LogP contribution in [0.15, 0.2) is 12.5 Å². The van der Waals surface area contributed by atoms with Crippen molar-refractivity contribution in [1.29, 1.82) is 0 Å². The largest absolute Gasteiger partial charge is 0.394 e. The summed E-state index contributed by atoms with van der Waals surface area (Å²) in [6.45, 7) is 2.27. The van der Waals surface area contributed by atoms with Crippen LogP contribution >= 0.6 is 0 Å². The number of hydrogen-bond acceptors (Lipinski definition) is 4. The number of nitrogens with two attached hydrogens (primary N) is 1. The van der Waals surface area contributed by atoms with Gasteiger partial charge in [-0.25, -0.2) is 9.97 Å². The van der Waals surface area contributed by atoms with Crippen molar-refractivity contribution in [3.8, 4) is 0 Å². The standard InChI is InChI=1S/C10H16N4/c1-7-3-2-4-9(7)14-10-8(11)5-12-6-13-10/h5-7,9H,2-4,11H2,1H3,(H,12,13,14). The van der Waals surface area contributed by atoms with E-state index in [1.54, 1.807) is 6.20 Å². The molecule has 2 unspecified atom stereocenters. The molecule has 0 radical (unpaired) electrons. The summed E-state index contributed by atoms with van der Waals surface area (Å²) in [5.41, 5.74) is 6.39. The molecule has 0 bridgehead atoms. The molecule has 1 aromatic heterocycles. The molecule has 14 heavy (non-hydrogen) atoms. The Labute approximate surface area is 83.9 Å². The number of nitrogen functional groups attached to an aromatic ring is 1. The zero-order valence-corrected chi connectivity index (χ0v) is 8.40. The third-order valence-corrected chi connectivity index (χ3v) is 2.92. The van der Waals surface area contributed by atoms with E-state index in [0.29, 0.717) is 17.6 Å². The molecule has 3 N–H and O–H groups in total. The zero-order chi connectivity index (χ0) is 9.97. The van der Waals surface area contributed by atoms with Crippen LogP contribution in [0.4, 0.5) is 11.5 Å². The quantitative estimate of drug-likeness (QED) is 0.748. The minimum absolute atomic E-state index is 0.521. The summed E-state index contributed by atoms with van der Waals surface area (Å²) >= 11 is 0. The molecule has 0 saturated heterocycles. The summed E-state index contributed by atoms with van der Waals surface area (Å²) < 4.78 is 0. The van der Waals surface area contributed by atoms with Crippen LogP contribution in [0.1, 0.15) is 26.2 Å². The van der Waals surface area contributed by atoms with E-state index in [2.05, 4.69) is 22.2 Å². The maximum Gasteiger partial charge on any atom is 0.152 e. The molecule has 1 fully saturated rings. The fraction of sp³-hybridized carbons (Fsp3) is 0.600. The van der Waals surface area contributed by atoms with Gasteiger partial charge < -0.3 is 11.1 Å². The highest BCUT2D eigenvalue weighted by Crippen LogP contribution is 2.28. The van der Waals surface area contributed by atoms with Gasteiger partial charge in [0, 0.05) is 6.04 Å². The summed E-state index contributed by atoms with van der Waals surface area (Å²) in [6, 6.07) is 0.521. The van der Waals surface area contributed by atoms with E-state index in [1.807, 2.05) is 0 Å². The zero-order valence-electron chi connectivity index (χ0n) is 8.40. The summed E-state index contributed by atoms with van der Waals surface area (Å²) in [6.07, 6.45) is 6.96. The molecule has 1 saturated carbocycles. The third-order valence-electron chi connectivity index (χ3n) is 2.92. The van der Waals surface area contributed by atoms with Gasteiger partial charge in [-0.3, -0.25) is 0 Å². The molecule has 0 aliphatic heterocycles. The van der Waals surface area contributed by atoms with Gasteiger partial charge in [0.25, 0.3) is 0 Å². The van der Waals surface area contributed by atoms with E-state index >= 15 is 0 Å². The Balaban J connectivity index is 2.07. The second-order valence-electron chi connectivity index (χ2n) is 3.99. The number of aromatic nitrogens is 2. The van der Waals surface area contributed by atoms with Crippen LogP contribution in [0.2, 0.25) is 0 Å². The SMILES string of the molecule is CC1CCCC1Nc1ncncc1N. The molecule has 0 amide bonds. The third kappa shape index (κ3) is 1.78. The van der Waals surface area contributed by atoms with Crippen molar-refractivity contribution in [2.75, 3.05) is 11.1 Å². The Morgan fingerprint density at radius 2 is 2.36 bits per heavy atom. The van der Waals surface area contributed by atoms with Gasteiger partial charge >= 0.3 is 0 Å². The van der Waals surface area contributed by atoms with Crippen LogP contribution in [-0.2, 0) is 0 Å². The lowest BCUT2D eigenvalue weighted by Crippen LogP contribution is -2.23. The van der Waals surface area contributed by atoms with Crippen molar-refractivity contribution in [3.05, 3.63) is 12.5 Å². The fourth-order valence-corrected chi connectivity index (χ4v) is 2.00. The molecule has 76 valence electrons. The molecule has 4 nitrogen and oxygen atoms in total. The molecule has 1 aliphatic carbocycles. The molecule has 0 aromatic carbocycles. The molecule has 1 aromatic rings. The van der Waals surface area contributed by atoms with Gasteiger partial charge in [-0.2, -0.15) is 0 Å². The fourth-order valence-electron chi connectivity index (χ4n) is 2.00. The topological polar surface area (TPSA) is 63.8 Å². The van der Waals surface area contributed by atoms with E-state index in [1.165, 1.54) is 25.6 Å². The summed E-state index contributed by atoms with van der Waals surface area (Å²) in [4.78, 5) is 7.99. The highest BCUT2D eigenvalue weighted by molar-refractivity contribution is 5.59. The normalized spacial score (nSPS) is 26.4. The van der Waals surface area contributed by atoms with Crippen molar-refractivity contribution in [2.24, 2.45) is 5.92 Å². The van der Waals surface area contributed by atoms with Crippen molar-refractivity contribution < 1.29 is 0 Å². The van der Waals surface area contributed by atoms with Crippen molar-refractivity contribution in [2.45, 2.75) is 32.2 Å². The average molecular weight is 192 g/mol. The molecule has 0 spiro atoms. The monoisotopic (exact) mass is 192 g/mol. The van der Waals surface area contributed by atoms with E-state index < -0.39 is 0 Å². The van der Waals surface area contributed by atoms with Crippen LogP contribution < -0.4 is 11.1 Å². The Morgan fingerprint density at radius 3 is 3.00 bits per heavy atom. The summed E-state index contributed by atoms with van der Waals surface area (Å²) in [7, 11) is 0. The van der Waals surface area contributed by atoms with E-state index in [-0.39, 0.29) is 0 Å². The Hall–Kier alpha value is -1.32. The second kappa shape index (κ2) is 3.82. The Kier molecular flexibility index (Phi) is 2.52. The van der Waals surface area contributed by atoms with E-state index in [9.17, 15) is 0 Å². The van der Waals surface area contributed by atoms with Crippen LogP contribution in [-0.4, -0.2) is 16.0 Å². The first-order chi connectivity index (χ1) is 6.77. The average Bonchev–Trinajstić information content (AvgIpc) is 2.56. The molecular weight excluding hydrogens is 176 g/mol.